The maximum absolute atomic E-state index is 13.5. The van der Waals surface area contributed by atoms with Gasteiger partial charge in [-0.15, -0.1) is 0 Å². The van der Waals surface area contributed by atoms with Crippen molar-refractivity contribution >= 4 is 27.3 Å². The second-order valence-electron chi connectivity index (χ2n) is 3.94. The van der Waals surface area contributed by atoms with E-state index in [-0.39, 0.29) is 22.3 Å². The van der Waals surface area contributed by atoms with Gasteiger partial charge in [-0.05, 0) is 29.8 Å². The van der Waals surface area contributed by atoms with Crippen molar-refractivity contribution in [2.45, 2.75) is 11.6 Å². The van der Waals surface area contributed by atoms with Gasteiger partial charge in [0, 0.05) is 17.8 Å². The largest absolute Gasteiger partial charge is 0.326 e. The van der Waals surface area contributed by atoms with Crippen LogP contribution in [-0.2, 0) is 16.6 Å². The molecule has 2 aromatic rings. The molecule has 2 rings (SSSR count). The third kappa shape index (κ3) is 3.24. The summed E-state index contributed by atoms with van der Waals surface area (Å²) in [5, 5.41) is -0.00962. The molecule has 0 bridgehead atoms. The zero-order valence-corrected chi connectivity index (χ0v) is 11.7. The summed E-state index contributed by atoms with van der Waals surface area (Å²) in [5.74, 6) is -0.725. The van der Waals surface area contributed by atoms with Crippen molar-refractivity contribution in [2.75, 3.05) is 4.72 Å². The van der Waals surface area contributed by atoms with Gasteiger partial charge in [-0.25, -0.2) is 9.37 Å². The average molecular weight is 316 g/mol. The number of sulfonamides is 1. The monoisotopic (exact) mass is 315 g/mol. The van der Waals surface area contributed by atoms with Crippen molar-refractivity contribution in [1.29, 1.82) is 0 Å². The molecular weight excluding hydrogens is 305 g/mol. The van der Waals surface area contributed by atoms with Crippen LogP contribution in [-0.4, -0.2) is 13.4 Å². The number of benzene rings is 1. The zero-order valence-electron chi connectivity index (χ0n) is 10.2. The van der Waals surface area contributed by atoms with Gasteiger partial charge in [-0.1, -0.05) is 17.7 Å². The third-order valence-electron chi connectivity index (χ3n) is 2.48. The zero-order chi connectivity index (χ0) is 14.8. The molecule has 0 aliphatic heterocycles. The standard InChI is InChI=1S/C12H11ClFN3O2S/c13-9-2-3-10(14)11(5-9)17-20(18,19)12-4-1-8(6-15)7-16-12/h1-5,7,17H,6,15H2. The molecule has 0 radical (unpaired) electrons. The summed E-state index contributed by atoms with van der Waals surface area (Å²) >= 11 is 5.70. The highest BCUT2D eigenvalue weighted by atomic mass is 35.5. The lowest BCUT2D eigenvalue weighted by Crippen LogP contribution is -2.15. The van der Waals surface area contributed by atoms with Crippen LogP contribution in [0.4, 0.5) is 10.1 Å². The number of nitrogens with zero attached hydrogens (tertiary/aromatic N) is 1. The second-order valence-corrected chi connectivity index (χ2v) is 6.00. The van der Waals surface area contributed by atoms with E-state index < -0.39 is 15.8 Å². The van der Waals surface area contributed by atoms with Gasteiger partial charge in [0.2, 0.25) is 0 Å². The first-order chi connectivity index (χ1) is 9.42. The fourth-order valence-electron chi connectivity index (χ4n) is 1.46. The fourth-order valence-corrected chi connectivity index (χ4v) is 2.62. The Kier molecular flexibility index (Phi) is 4.22. The van der Waals surface area contributed by atoms with E-state index in [1.54, 1.807) is 0 Å². The molecule has 1 aromatic carbocycles. The molecule has 0 saturated heterocycles. The Morgan fingerprint density at radius 3 is 2.65 bits per heavy atom. The van der Waals surface area contributed by atoms with Crippen LogP contribution in [0, 0.1) is 5.82 Å². The Labute approximate surface area is 120 Å². The van der Waals surface area contributed by atoms with Gasteiger partial charge < -0.3 is 5.73 Å². The van der Waals surface area contributed by atoms with Gasteiger partial charge in [-0.2, -0.15) is 8.42 Å². The maximum Gasteiger partial charge on any atom is 0.279 e. The molecule has 1 heterocycles. The van der Waals surface area contributed by atoms with Crippen LogP contribution in [0.5, 0.6) is 0 Å². The molecule has 3 N–H and O–H groups in total. The minimum Gasteiger partial charge on any atom is -0.326 e. The lowest BCUT2D eigenvalue weighted by Gasteiger charge is -2.09. The Bertz CT molecular complexity index is 720. The van der Waals surface area contributed by atoms with E-state index in [9.17, 15) is 12.8 Å². The van der Waals surface area contributed by atoms with E-state index in [0.29, 0.717) is 5.56 Å². The Morgan fingerprint density at radius 1 is 1.30 bits per heavy atom. The number of anilines is 1. The van der Waals surface area contributed by atoms with E-state index in [1.165, 1.54) is 30.5 Å². The first kappa shape index (κ1) is 14.7. The Balaban J connectivity index is 2.32. The smallest absolute Gasteiger partial charge is 0.279 e. The number of nitrogens with two attached hydrogens (primary N) is 1. The summed E-state index contributed by atoms with van der Waals surface area (Å²) in [6.45, 7) is 0.254. The SMILES string of the molecule is NCc1ccc(S(=O)(=O)Nc2cc(Cl)ccc2F)nc1. The fraction of sp³-hybridized carbons (Fsp3) is 0.0833. The van der Waals surface area contributed by atoms with E-state index in [4.69, 9.17) is 17.3 Å². The van der Waals surface area contributed by atoms with Gasteiger partial charge >= 0.3 is 0 Å². The number of aromatic nitrogens is 1. The minimum atomic E-state index is -3.98. The summed E-state index contributed by atoms with van der Waals surface area (Å²) in [4.78, 5) is 3.78. The molecule has 0 aliphatic carbocycles. The van der Waals surface area contributed by atoms with Gasteiger partial charge in [0.25, 0.3) is 10.0 Å². The number of halogens is 2. The normalized spacial score (nSPS) is 11.3. The summed E-state index contributed by atoms with van der Waals surface area (Å²) in [6.07, 6.45) is 1.35. The van der Waals surface area contributed by atoms with Gasteiger partial charge in [-0.3, -0.25) is 4.72 Å². The summed E-state index contributed by atoms with van der Waals surface area (Å²) in [6, 6.07) is 6.42. The average Bonchev–Trinajstić information content (AvgIpc) is 2.43. The first-order valence-electron chi connectivity index (χ1n) is 5.55. The van der Waals surface area contributed by atoms with E-state index in [1.807, 2.05) is 0 Å². The molecular formula is C12H11ClFN3O2S. The highest BCUT2D eigenvalue weighted by Crippen LogP contribution is 2.22. The second kappa shape index (κ2) is 5.74. The van der Waals surface area contributed by atoms with Gasteiger partial charge in [0.05, 0.1) is 5.69 Å². The van der Waals surface area contributed by atoms with Crippen molar-refractivity contribution in [3.8, 4) is 0 Å². The highest BCUT2D eigenvalue weighted by Gasteiger charge is 2.17. The summed E-state index contributed by atoms with van der Waals surface area (Å²) < 4.78 is 39.7. The van der Waals surface area contributed by atoms with E-state index in [0.717, 1.165) is 6.07 Å². The van der Waals surface area contributed by atoms with Crippen LogP contribution < -0.4 is 10.5 Å². The van der Waals surface area contributed by atoms with Crippen molar-refractivity contribution in [1.82, 2.24) is 4.98 Å². The highest BCUT2D eigenvalue weighted by molar-refractivity contribution is 7.92. The predicted molar refractivity (Wildman–Crippen MR) is 74.3 cm³/mol. The van der Waals surface area contributed by atoms with E-state index >= 15 is 0 Å². The van der Waals surface area contributed by atoms with Crippen LogP contribution in [0.25, 0.3) is 0 Å². The molecule has 0 atom stereocenters. The summed E-state index contributed by atoms with van der Waals surface area (Å²) in [7, 11) is -3.98. The van der Waals surface area contributed by atoms with Crippen molar-refractivity contribution in [3.63, 3.8) is 0 Å². The molecule has 20 heavy (non-hydrogen) atoms. The number of rotatable bonds is 4. The van der Waals surface area contributed by atoms with Crippen LogP contribution in [0.2, 0.25) is 5.02 Å². The maximum atomic E-state index is 13.5. The Morgan fingerprint density at radius 2 is 2.05 bits per heavy atom. The van der Waals surface area contributed by atoms with Crippen molar-refractivity contribution in [2.24, 2.45) is 5.73 Å². The molecule has 1 aromatic heterocycles. The quantitative estimate of drug-likeness (QED) is 0.905. The minimum absolute atomic E-state index is 0.218. The molecule has 0 fully saturated rings. The number of nitrogens with one attached hydrogen (secondary N) is 1. The Hall–Kier alpha value is -1.70. The molecule has 0 spiro atoms. The van der Waals surface area contributed by atoms with Crippen LogP contribution in [0.1, 0.15) is 5.56 Å². The molecule has 0 saturated carbocycles. The number of hydrogen-bond donors (Lipinski definition) is 2. The number of hydrogen-bond acceptors (Lipinski definition) is 4. The van der Waals surface area contributed by atoms with Crippen molar-refractivity contribution < 1.29 is 12.8 Å². The van der Waals surface area contributed by atoms with Crippen LogP contribution in [0.15, 0.2) is 41.6 Å². The lowest BCUT2D eigenvalue weighted by atomic mass is 10.3. The topological polar surface area (TPSA) is 85.1 Å². The van der Waals surface area contributed by atoms with Gasteiger partial charge in [0.1, 0.15) is 5.82 Å². The molecule has 0 aliphatic rings. The molecule has 5 nitrogen and oxygen atoms in total. The summed E-state index contributed by atoms with van der Waals surface area (Å²) in [5.41, 5.74) is 5.86. The third-order valence-corrected chi connectivity index (χ3v) is 4.00. The molecule has 8 heteroatoms. The van der Waals surface area contributed by atoms with Crippen LogP contribution >= 0.6 is 11.6 Å². The predicted octanol–water partition coefficient (Wildman–Crippen LogP) is 2.13. The first-order valence-corrected chi connectivity index (χ1v) is 7.41. The molecule has 0 unspecified atom stereocenters. The number of pyridine rings is 1. The molecule has 106 valence electrons. The molecule has 0 amide bonds. The van der Waals surface area contributed by atoms with Crippen molar-refractivity contribution in [3.05, 3.63) is 52.9 Å². The van der Waals surface area contributed by atoms with Crippen LogP contribution in [0.3, 0.4) is 0 Å². The lowest BCUT2D eigenvalue weighted by molar-refractivity contribution is 0.595. The van der Waals surface area contributed by atoms with Gasteiger partial charge in [0.15, 0.2) is 5.03 Å². The van der Waals surface area contributed by atoms with E-state index in [2.05, 4.69) is 9.71 Å².